The minimum Gasteiger partial charge on any atom is -0.440 e. The van der Waals surface area contributed by atoms with E-state index < -0.39 is 0 Å². The van der Waals surface area contributed by atoms with Gasteiger partial charge in [0.15, 0.2) is 0 Å². The van der Waals surface area contributed by atoms with Crippen LogP contribution in [0.2, 0.25) is 0 Å². The maximum absolute atomic E-state index is 9.38. The molecule has 1 atom stereocenters. The molecule has 0 aromatic carbocycles. The highest BCUT2D eigenvalue weighted by Crippen LogP contribution is 2.27. The minimum absolute atomic E-state index is 0.243. The largest absolute Gasteiger partial charge is 0.440 e. The minimum atomic E-state index is 0.243. The zero-order valence-electron chi connectivity index (χ0n) is 14.7. The molecule has 1 aliphatic heterocycles. The van der Waals surface area contributed by atoms with E-state index in [2.05, 4.69) is 23.6 Å². The van der Waals surface area contributed by atoms with Crippen molar-refractivity contribution in [2.24, 2.45) is 0 Å². The first-order valence-corrected chi connectivity index (χ1v) is 9.55. The normalized spacial score (nSPS) is 20.1. The van der Waals surface area contributed by atoms with Crippen molar-refractivity contribution in [3.8, 4) is 10.8 Å². The summed E-state index contributed by atoms with van der Waals surface area (Å²) in [6.07, 6.45) is 0.826. The highest BCUT2D eigenvalue weighted by atomic mass is 32.1. The van der Waals surface area contributed by atoms with Crippen molar-refractivity contribution >= 4 is 11.3 Å². The smallest absolute Gasteiger partial charge is 0.236 e. The van der Waals surface area contributed by atoms with Crippen molar-refractivity contribution in [1.29, 1.82) is 0 Å². The molecule has 2 aromatic rings. The summed E-state index contributed by atoms with van der Waals surface area (Å²) in [4.78, 5) is 10.7. The van der Waals surface area contributed by atoms with Gasteiger partial charge in [-0.3, -0.25) is 9.80 Å². The Morgan fingerprint density at radius 2 is 2.25 bits per heavy atom. The monoisotopic (exact) mass is 349 g/mol. The maximum atomic E-state index is 9.38. The standard InChI is InChI=1S/C18H27N3O2S/c1-13(2)21-8-7-20(11-15(21)6-9-22)12-16-14(3)23-18(19-16)17-5-4-10-24-17/h4-5,10,13,15,22H,6-9,11-12H2,1-3H3/t15-/m1/s1. The van der Waals surface area contributed by atoms with Gasteiger partial charge >= 0.3 is 0 Å². The second kappa shape index (κ2) is 7.78. The first-order chi connectivity index (χ1) is 11.6. The van der Waals surface area contributed by atoms with E-state index >= 15 is 0 Å². The van der Waals surface area contributed by atoms with Gasteiger partial charge in [0.2, 0.25) is 5.89 Å². The Morgan fingerprint density at radius 1 is 1.42 bits per heavy atom. The summed E-state index contributed by atoms with van der Waals surface area (Å²) in [6.45, 7) is 10.6. The maximum Gasteiger partial charge on any atom is 0.236 e. The lowest BCUT2D eigenvalue weighted by Gasteiger charge is -2.43. The highest BCUT2D eigenvalue weighted by molar-refractivity contribution is 7.13. The first-order valence-electron chi connectivity index (χ1n) is 8.67. The predicted octanol–water partition coefficient (Wildman–Crippen LogP) is 2.99. The van der Waals surface area contributed by atoms with Crippen LogP contribution in [0.1, 0.15) is 31.7 Å². The number of hydrogen-bond donors (Lipinski definition) is 1. The number of thiophene rings is 1. The molecule has 132 valence electrons. The number of aryl methyl sites for hydroxylation is 1. The molecule has 0 saturated carbocycles. The van der Waals surface area contributed by atoms with Crippen LogP contribution in [0.25, 0.3) is 10.8 Å². The molecule has 3 heterocycles. The topological polar surface area (TPSA) is 52.7 Å². The average molecular weight is 350 g/mol. The Morgan fingerprint density at radius 3 is 2.92 bits per heavy atom. The summed E-state index contributed by atoms with van der Waals surface area (Å²) in [5.74, 6) is 1.63. The fourth-order valence-electron chi connectivity index (χ4n) is 3.46. The van der Waals surface area contributed by atoms with Crippen molar-refractivity contribution in [3.63, 3.8) is 0 Å². The fourth-order valence-corrected chi connectivity index (χ4v) is 4.10. The van der Waals surface area contributed by atoms with Crippen molar-refractivity contribution in [2.75, 3.05) is 26.2 Å². The average Bonchev–Trinajstić information content (AvgIpc) is 3.18. The molecule has 5 nitrogen and oxygen atoms in total. The number of aliphatic hydroxyl groups is 1. The van der Waals surface area contributed by atoms with Crippen molar-refractivity contribution in [3.05, 3.63) is 29.0 Å². The predicted molar refractivity (Wildman–Crippen MR) is 97.2 cm³/mol. The van der Waals surface area contributed by atoms with Crippen LogP contribution in [-0.4, -0.2) is 58.2 Å². The van der Waals surface area contributed by atoms with Gasteiger partial charge in [-0.25, -0.2) is 4.98 Å². The van der Waals surface area contributed by atoms with Crippen LogP contribution in [0.4, 0.5) is 0 Å². The zero-order chi connectivity index (χ0) is 17.1. The first kappa shape index (κ1) is 17.6. The third kappa shape index (κ3) is 3.88. The zero-order valence-corrected chi connectivity index (χ0v) is 15.6. The summed E-state index contributed by atoms with van der Waals surface area (Å²) >= 11 is 1.65. The number of oxazole rings is 1. The molecule has 1 saturated heterocycles. The van der Waals surface area contributed by atoms with E-state index in [0.29, 0.717) is 12.1 Å². The van der Waals surface area contributed by atoms with Gasteiger partial charge in [-0.2, -0.15) is 0 Å². The molecular formula is C18H27N3O2S. The van der Waals surface area contributed by atoms with Gasteiger partial charge in [0.25, 0.3) is 0 Å². The third-order valence-electron chi connectivity index (χ3n) is 4.74. The molecule has 0 bridgehead atoms. The van der Waals surface area contributed by atoms with Crippen LogP contribution in [0.15, 0.2) is 21.9 Å². The highest BCUT2D eigenvalue weighted by Gasteiger charge is 2.29. The number of aromatic nitrogens is 1. The lowest BCUT2D eigenvalue weighted by atomic mass is 10.1. The summed E-state index contributed by atoms with van der Waals surface area (Å²) in [5.41, 5.74) is 1.03. The van der Waals surface area contributed by atoms with E-state index in [0.717, 1.165) is 54.8 Å². The van der Waals surface area contributed by atoms with Crippen LogP contribution in [0, 0.1) is 6.92 Å². The Labute approximate surface area is 147 Å². The van der Waals surface area contributed by atoms with Crippen molar-refractivity contribution in [1.82, 2.24) is 14.8 Å². The molecular weight excluding hydrogens is 322 g/mol. The van der Waals surface area contributed by atoms with Crippen LogP contribution in [0.3, 0.4) is 0 Å². The van der Waals surface area contributed by atoms with Crippen LogP contribution >= 0.6 is 11.3 Å². The van der Waals surface area contributed by atoms with Crippen LogP contribution in [0.5, 0.6) is 0 Å². The molecule has 3 rings (SSSR count). The molecule has 1 aliphatic rings. The number of nitrogens with zero attached hydrogens (tertiary/aromatic N) is 3. The van der Waals surface area contributed by atoms with Crippen molar-refractivity contribution < 1.29 is 9.52 Å². The lowest BCUT2D eigenvalue weighted by molar-refractivity contribution is 0.0343. The number of aliphatic hydroxyl groups excluding tert-OH is 1. The van der Waals surface area contributed by atoms with Gasteiger partial charge in [-0.05, 0) is 38.6 Å². The quantitative estimate of drug-likeness (QED) is 0.869. The van der Waals surface area contributed by atoms with Crippen LogP contribution in [-0.2, 0) is 6.54 Å². The van der Waals surface area contributed by atoms with Gasteiger partial charge in [-0.15, -0.1) is 11.3 Å². The van der Waals surface area contributed by atoms with E-state index in [1.54, 1.807) is 11.3 Å². The van der Waals surface area contributed by atoms with E-state index in [1.165, 1.54) is 0 Å². The Hall–Kier alpha value is -1.21. The molecule has 0 spiro atoms. The van der Waals surface area contributed by atoms with E-state index in [1.807, 2.05) is 24.4 Å². The van der Waals surface area contributed by atoms with Gasteiger partial charge in [-0.1, -0.05) is 6.07 Å². The van der Waals surface area contributed by atoms with E-state index in [9.17, 15) is 5.11 Å². The summed E-state index contributed by atoms with van der Waals surface area (Å²) < 4.78 is 5.86. The molecule has 2 aromatic heterocycles. The SMILES string of the molecule is Cc1oc(-c2cccs2)nc1CN1CCN(C(C)C)[C@H](CCO)C1. The number of hydrogen-bond acceptors (Lipinski definition) is 6. The molecule has 6 heteroatoms. The molecule has 0 amide bonds. The number of piperazine rings is 1. The van der Waals surface area contributed by atoms with Crippen molar-refractivity contribution in [2.45, 2.75) is 45.8 Å². The molecule has 0 radical (unpaired) electrons. The molecule has 0 unspecified atom stereocenters. The molecule has 1 N–H and O–H groups in total. The Bertz CT molecular complexity index is 639. The van der Waals surface area contributed by atoms with E-state index in [-0.39, 0.29) is 6.61 Å². The van der Waals surface area contributed by atoms with E-state index in [4.69, 9.17) is 9.40 Å². The molecule has 0 aliphatic carbocycles. The van der Waals surface area contributed by atoms with Gasteiger partial charge in [0.05, 0.1) is 10.6 Å². The number of rotatable bonds is 6. The molecule has 24 heavy (non-hydrogen) atoms. The van der Waals surface area contributed by atoms with Gasteiger partial charge in [0.1, 0.15) is 5.76 Å². The Balaban J connectivity index is 1.68. The summed E-state index contributed by atoms with van der Waals surface area (Å²) in [7, 11) is 0. The second-order valence-corrected chi connectivity index (χ2v) is 7.68. The molecule has 1 fully saturated rings. The van der Waals surface area contributed by atoms with Gasteiger partial charge < -0.3 is 9.52 Å². The lowest BCUT2D eigenvalue weighted by Crippen LogP contribution is -2.55. The second-order valence-electron chi connectivity index (χ2n) is 6.73. The fraction of sp³-hybridized carbons (Fsp3) is 0.611. The Kier molecular flexibility index (Phi) is 5.71. The third-order valence-corrected chi connectivity index (χ3v) is 5.59. The van der Waals surface area contributed by atoms with Crippen LogP contribution < -0.4 is 0 Å². The summed E-state index contributed by atoms with van der Waals surface area (Å²) in [6, 6.07) is 4.98. The van der Waals surface area contributed by atoms with Gasteiger partial charge in [0, 0.05) is 44.9 Å². The summed E-state index contributed by atoms with van der Waals surface area (Å²) in [5, 5.41) is 11.4.